The molecule has 0 N–H and O–H groups in total. The van der Waals surface area contributed by atoms with Crippen molar-refractivity contribution in [3.63, 3.8) is 0 Å². The lowest BCUT2D eigenvalue weighted by atomic mass is 10.1. The maximum atomic E-state index is 12.8. The lowest BCUT2D eigenvalue weighted by molar-refractivity contribution is 0.213. The van der Waals surface area contributed by atoms with Gasteiger partial charge >= 0.3 is 0 Å². The van der Waals surface area contributed by atoms with Crippen LogP contribution in [0.25, 0.3) is 0 Å². The fraction of sp³-hybridized carbons (Fsp3) is 0.538. The predicted molar refractivity (Wildman–Crippen MR) is 65.3 cm³/mol. The number of anilines is 1. The summed E-state index contributed by atoms with van der Waals surface area (Å²) in [5, 5.41) is 0. The van der Waals surface area contributed by atoms with Crippen molar-refractivity contribution in [1.29, 1.82) is 0 Å². The van der Waals surface area contributed by atoms with Gasteiger partial charge in [0.2, 0.25) is 0 Å². The number of piperazine rings is 1. The Bertz CT molecular complexity index is 336. The van der Waals surface area contributed by atoms with Crippen LogP contribution >= 0.6 is 0 Å². The Morgan fingerprint density at radius 1 is 1.25 bits per heavy atom. The molecule has 1 heterocycles. The van der Waals surface area contributed by atoms with E-state index in [1.165, 1.54) is 12.1 Å². The number of likely N-dealkylation sites (N-methyl/N-ethyl adjacent to an activating group) is 1. The summed E-state index contributed by atoms with van der Waals surface area (Å²) in [6.07, 6.45) is 1.16. The minimum atomic E-state index is -0.162. The molecule has 0 aliphatic carbocycles. The van der Waals surface area contributed by atoms with E-state index in [0.29, 0.717) is 6.04 Å². The normalized spacial score (nSPS) is 22.4. The van der Waals surface area contributed by atoms with Crippen LogP contribution in [0.1, 0.15) is 13.3 Å². The van der Waals surface area contributed by atoms with Gasteiger partial charge in [-0.3, -0.25) is 4.90 Å². The highest BCUT2D eigenvalue weighted by molar-refractivity contribution is 5.46. The molecule has 0 saturated carbocycles. The zero-order valence-electron chi connectivity index (χ0n) is 9.99. The van der Waals surface area contributed by atoms with Crippen molar-refractivity contribution in [2.45, 2.75) is 19.4 Å². The molecule has 1 fully saturated rings. The second-order valence-corrected chi connectivity index (χ2v) is 4.47. The van der Waals surface area contributed by atoms with E-state index in [0.717, 1.165) is 31.7 Å². The maximum Gasteiger partial charge on any atom is 0.123 e. The molecule has 2 rings (SSSR count). The van der Waals surface area contributed by atoms with Gasteiger partial charge in [-0.1, -0.05) is 6.92 Å². The van der Waals surface area contributed by atoms with E-state index in [4.69, 9.17) is 0 Å². The smallest absolute Gasteiger partial charge is 0.123 e. The van der Waals surface area contributed by atoms with Crippen molar-refractivity contribution in [2.24, 2.45) is 0 Å². The van der Waals surface area contributed by atoms with Crippen molar-refractivity contribution in [3.8, 4) is 0 Å². The average molecular weight is 222 g/mol. The zero-order chi connectivity index (χ0) is 11.5. The summed E-state index contributed by atoms with van der Waals surface area (Å²) in [6, 6.07) is 7.42. The van der Waals surface area contributed by atoms with Crippen LogP contribution in [-0.4, -0.2) is 37.6 Å². The predicted octanol–water partition coefficient (Wildman–Crippen LogP) is 2.36. The topological polar surface area (TPSA) is 6.48 Å². The molecule has 1 saturated heterocycles. The second kappa shape index (κ2) is 4.83. The van der Waals surface area contributed by atoms with Gasteiger partial charge in [0.05, 0.1) is 0 Å². The molecule has 2 nitrogen and oxygen atoms in total. The standard InChI is InChI=1S/C13H19FN2/c1-3-12-10-16(9-8-15(12)2)13-6-4-11(14)5-7-13/h4-7,12H,3,8-10H2,1-2H3/t12-/m1/s1. The fourth-order valence-corrected chi connectivity index (χ4v) is 2.27. The molecule has 0 spiro atoms. The summed E-state index contributed by atoms with van der Waals surface area (Å²) in [7, 11) is 2.18. The zero-order valence-corrected chi connectivity index (χ0v) is 9.99. The molecule has 1 aliphatic heterocycles. The van der Waals surface area contributed by atoms with Crippen LogP contribution in [0.15, 0.2) is 24.3 Å². The third kappa shape index (κ3) is 2.35. The Labute approximate surface area is 96.7 Å². The van der Waals surface area contributed by atoms with E-state index in [9.17, 15) is 4.39 Å². The van der Waals surface area contributed by atoms with Crippen molar-refractivity contribution < 1.29 is 4.39 Å². The molecule has 1 aliphatic rings. The van der Waals surface area contributed by atoms with Crippen molar-refractivity contribution in [3.05, 3.63) is 30.1 Å². The lowest BCUT2D eigenvalue weighted by Crippen LogP contribution is -2.51. The summed E-state index contributed by atoms with van der Waals surface area (Å²) >= 11 is 0. The Kier molecular flexibility index (Phi) is 3.44. The molecule has 0 aromatic heterocycles. The fourth-order valence-electron chi connectivity index (χ4n) is 2.27. The summed E-state index contributed by atoms with van der Waals surface area (Å²) in [5.41, 5.74) is 1.13. The number of nitrogens with zero attached hydrogens (tertiary/aromatic N) is 2. The molecule has 1 atom stereocenters. The van der Waals surface area contributed by atoms with Crippen molar-refractivity contribution in [2.75, 3.05) is 31.6 Å². The van der Waals surface area contributed by atoms with Gasteiger partial charge in [-0.2, -0.15) is 0 Å². The average Bonchev–Trinajstić information content (AvgIpc) is 2.31. The van der Waals surface area contributed by atoms with Crippen molar-refractivity contribution in [1.82, 2.24) is 4.90 Å². The first-order valence-electron chi connectivity index (χ1n) is 5.91. The molecule has 1 aromatic rings. The molecule has 0 radical (unpaired) electrons. The van der Waals surface area contributed by atoms with Gasteiger partial charge in [0, 0.05) is 31.4 Å². The number of hydrogen-bond donors (Lipinski definition) is 0. The van der Waals surface area contributed by atoms with Crippen molar-refractivity contribution >= 4 is 5.69 Å². The van der Waals surface area contributed by atoms with Gasteiger partial charge in [0.1, 0.15) is 5.82 Å². The minimum absolute atomic E-state index is 0.162. The lowest BCUT2D eigenvalue weighted by Gasteiger charge is -2.40. The number of halogens is 1. The SMILES string of the molecule is CC[C@@H]1CN(c2ccc(F)cc2)CCN1C. The number of hydrogen-bond acceptors (Lipinski definition) is 2. The van der Waals surface area contributed by atoms with E-state index in [1.54, 1.807) is 0 Å². The van der Waals surface area contributed by atoms with E-state index < -0.39 is 0 Å². The Morgan fingerprint density at radius 2 is 1.94 bits per heavy atom. The Morgan fingerprint density at radius 3 is 2.56 bits per heavy atom. The third-order valence-corrected chi connectivity index (χ3v) is 3.44. The Hall–Kier alpha value is -1.09. The van der Waals surface area contributed by atoms with Gasteiger partial charge in [-0.15, -0.1) is 0 Å². The van der Waals surface area contributed by atoms with Crippen LogP contribution in [0.5, 0.6) is 0 Å². The van der Waals surface area contributed by atoms with Gasteiger partial charge in [-0.25, -0.2) is 4.39 Å². The highest BCUT2D eigenvalue weighted by Gasteiger charge is 2.22. The van der Waals surface area contributed by atoms with Gasteiger partial charge < -0.3 is 4.90 Å². The van der Waals surface area contributed by atoms with Crippen LogP contribution in [0, 0.1) is 5.82 Å². The number of rotatable bonds is 2. The first-order valence-corrected chi connectivity index (χ1v) is 5.91. The van der Waals surface area contributed by atoms with Gasteiger partial charge in [0.15, 0.2) is 0 Å². The molecule has 0 bridgehead atoms. The molecule has 1 aromatic carbocycles. The second-order valence-electron chi connectivity index (χ2n) is 4.47. The minimum Gasteiger partial charge on any atom is -0.369 e. The largest absolute Gasteiger partial charge is 0.369 e. The van der Waals surface area contributed by atoms with E-state index in [1.807, 2.05) is 12.1 Å². The summed E-state index contributed by atoms with van der Waals surface area (Å²) in [5.74, 6) is -0.162. The monoisotopic (exact) mass is 222 g/mol. The molecule has 0 unspecified atom stereocenters. The molecule has 3 heteroatoms. The number of benzene rings is 1. The van der Waals surface area contributed by atoms with Crippen LogP contribution in [0.3, 0.4) is 0 Å². The first kappa shape index (κ1) is 11.4. The highest BCUT2D eigenvalue weighted by atomic mass is 19.1. The molecule has 0 amide bonds. The van der Waals surface area contributed by atoms with Crippen LogP contribution in [-0.2, 0) is 0 Å². The summed E-state index contributed by atoms with van der Waals surface area (Å²) in [6.45, 7) is 5.36. The van der Waals surface area contributed by atoms with Crippen LogP contribution in [0.2, 0.25) is 0 Å². The van der Waals surface area contributed by atoms with E-state index >= 15 is 0 Å². The highest BCUT2D eigenvalue weighted by Crippen LogP contribution is 2.19. The maximum absolute atomic E-state index is 12.8. The summed E-state index contributed by atoms with van der Waals surface area (Å²) in [4.78, 5) is 4.74. The Balaban J connectivity index is 2.08. The summed E-state index contributed by atoms with van der Waals surface area (Å²) < 4.78 is 12.8. The van der Waals surface area contributed by atoms with Gasteiger partial charge in [0.25, 0.3) is 0 Å². The molecule has 88 valence electrons. The quantitative estimate of drug-likeness (QED) is 0.758. The van der Waals surface area contributed by atoms with E-state index in [2.05, 4.69) is 23.8 Å². The van der Waals surface area contributed by atoms with Gasteiger partial charge in [-0.05, 0) is 37.7 Å². The molecule has 16 heavy (non-hydrogen) atoms. The third-order valence-electron chi connectivity index (χ3n) is 3.44. The first-order chi connectivity index (χ1) is 7.70. The molecular weight excluding hydrogens is 203 g/mol. The van der Waals surface area contributed by atoms with Crippen LogP contribution < -0.4 is 4.90 Å². The van der Waals surface area contributed by atoms with Crippen LogP contribution in [0.4, 0.5) is 10.1 Å². The van der Waals surface area contributed by atoms with E-state index in [-0.39, 0.29) is 5.82 Å². The molecular formula is C13H19FN2.